The largest absolute Gasteiger partial charge is 0.466 e. The van der Waals surface area contributed by atoms with Crippen LogP contribution in [0.1, 0.15) is 27.4 Å². The molecule has 0 atom stereocenters. The molecule has 2 aromatic heterocycles. The summed E-state index contributed by atoms with van der Waals surface area (Å²) in [6, 6.07) is 1.70. The third-order valence-electron chi connectivity index (χ3n) is 2.84. The van der Waals surface area contributed by atoms with Crippen molar-refractivity contribution in [3.8, 4) is 0 Å². The summed E-state index contributed by atoms with van der Waals surface area (Å²) in [6.07, 6.45) is 1.50. The first-order valence-electron chi connectivity index (χ1n) is 5.59. The molecule has 0 bridgehead atoms. The maximum Gasteiger partial charge on any atom is 0.259 e. The van der Waals surface area contributed by atoms with E-state index in [1.54, 1.807) is 13.0 Å². The summed E-state index contributed by atoms with van der Waals surface area (Å²) in [5.41, 5.74) is 1.97. The monoisotopic (exact) mass is 342 g/mol. The zero-order valence-corrected chi connectivity index (χ0v) is 13.0. The number of amides is 1. The number of carbonyl (C=O) groups excluding carboxylic acids is 1. The minimum Gasteiger partial charge on any atom is -0.466 e. The molecule has 0 fully saturated rings. The minimum atomic E-state index is -0.220. The highest BCUT2D eigenvalue weighted by atomic mass is 79.9. The van der Waals surface area contributed by atoms with Crippen molar-refractivity contribution in [3.63, 3.8) is 0 Å². The second-order valence-corrected chi connectivity index (χ2v) is 5.38. The summed E-state index contributed by atoms with van der Waals surface area (Å²) in [4.78, 5) is 16.2. The molecule has 6 heteroatoms. The van der Waals surface area contributed by atoms with Crippen molar-refractivity contribution in [1.82, 2.24) is 4.98 Å². The lowest BCUT2D eigenvalue weighted by Gasteiger charge is -2.06. The standard InChI is InChI=1S/C13H12BrClN2O2/c1-6-7(2)19-8(3)11(6)13(18)17-9-4-10(14)12(15)16-5-9/h4-5H,1-3H3,(H,17,18). The fourth-order valence-corrected chi connectivity index (χ4v) is 2.26. The van der Waals surface area contributed by atoms with Gasteiger partial charge in [0.15, 0.2) is 0 Å². The van der Waals surface area contributed by atoms with E-state index in [0.717, 1.165) is 11.3 Å². The third kappa shape index (κ3) is 2.82. The molecular formula is C13H12BrClN2O2. The topological polar surface area (TPSA) is 55.1 Å². The van der Waals surface area contributed by atoms with Crippen molar-refractivity contribution in [2.24, 2.45) is 0 Å². The van der Waals surface area contributed by atoms with Gasteiger partial charge in [0.05, 0.1) is 21.9 Å². The van der Waals surface area contributed by atoms with Gasteiger partial charge in [-0.3, -0.25) is 4.79 Å². The van der Waals surface area contributed by atoms with Crippen LogP contribution >= 0.6 is 27.5 Å². The van der Waals surface area contributed by atoms with Gasteiger partial charge in [0.1, 0.15) is 16.7 Å². The Morgan fingerprint density at radius 1 is 1.37 bits per heavy atom. The number of nitrogens with zero attached hydrogens (tertiary/aromatic N) is 1. The average Bonchev–Trinajstić information content (AvgIpc) is 2.58. The average molecular weight is 344 g/mol. The van der Waals surface area contributed by atoms with Gasteiger partial charge >= 0.3 is 0 Å². The van der Waals surface area contributed by atoms with Crippen LogP contribution in [-0.2, 0) is 0 Å². The van der Waals surface area contributed by atoms with Crippen LogP contribution in [0.25, 0.3) is 0 Å². The van der Waals surface area contributed by atoms with Crippen molar-refractivity contribution in [1.29, 1.82) is 0 Å². The highest BCUT2D eigenvalue weighted by Crippen LogP contribution is 2.25. The number of furan rings is 1. The van der Waals surface area contributed by atoms with Crippen molar-refractivity contribution in [2.45, 2.75) is 20.8 Å². The number of hydrogen-bond donors (Lipinski definition) is 1. The lowest BCUT2D eigenvalue weighted by Crippen LogP contribution is -2.13. The molecule has 0 saturated heterocycles. The van der Waals surface area contributed by atoms with Gasteiger partial charge in [0, 0.05) is 5.56 Å². The Bertz CT molecular complexity index is 652. The molecule has 1 amide bonds. The zero-order chi connectivity index (χ0) is 14.2. The Kier molecular flexibility index (Phi) is 3.96. The van der Waals surface area contributed by atoms with E-state index in [9.17, 15) is 4.79 Å². The fourth-order valence-electron chi connectivity index (χ4n) is 1.81. The van der Waals surface area contributed by atoms with Crippen molar-refractivity contribution >= 4 is 39.1 Å². The van der Waals surface area contributed by atoms with Gasteiger partial charge in [-0.25, -0.2) is 4.98 Å². The lowest BCUT2D eigenvalue weighted by atomic mass is 10.1. The summed E-state index contributed by atoms with van der Waals surface area (Å²) in [6.45, 7) is 5.46. The van der Waals surface area contributed by atoms with Gasteiger partial charge in [0.25, 0.3) is 5.91 Å². The molecule has 0 aromatic carbocycles. The Labute approximate surface area is 124 Å². The predicted octanol–water partition coefficient (Wildman–Crippen LogP) is 4.27. The van der Waals surface area contributed by atoms with Crippen molar-refractivity contribution in [2.75, 3.05) is 5.32 Å². The van der Waals surface area contributed by atoms with E-state index in [4.69, 9.17) is 16.0 Å². The molecule has 1 N–H and O–H groups in total. The maximum absolute atomic E-state index is 12.2. The molecule has 4 nitrogen and oxygen atoms in total. The molecule has 19 heavy (non-hydrogen) atoms. The number of anilines is 1. The number of rotatable bonds is 2. The van der Waals surface area contributed by atoms with Crippen molar-refractivity contribution < 1.29 is 9.21 Å². The quantitative estimate of drug-likeness (QED) is 0.829. The van der Waals surface area contributed by atoms with Gasteiger partial charge < -0.3 is 9.73 Å². The van der Waals surface area contributed by atoms with E-state index in [2.05, 4.69) is 26.2 Å². The molecule has 0 radical (unpaired) electrons. The lowest BCUT2D eigenvalue weighted by molar-refractivity contribution is 0.102. The molecule has 0 aliphatic rings. The first kappa shape index (κ1) is 14.1. The predicted molar refractivity (Wildman–Crippen MR) is 77.8 cm³/mol. The van der Waals surface area contributed by atoms with Crippen LogP contribution < -0.4 is 5.32 Å². The number of pyridine rings is 1. The molecule has 100 valence electrons. The molecule has 0 aliphatic heterocycles. The zero-order valence-electron chi connectivity index (χ0n) is 10.7. The highest BCUT2D eigenvalue weighted by molar-refractivity contribution is 9.10. The number of aryl methyl sites for hydroxylation is 2. The molecule has 2 aromatic rings. The second kappa shape index (κ2) is 5.35. The number of halogens is 2. The van der Waals surface area contributed by atoms with Gasteiger partial charge in [0.2, 0.25) is 0 Å². The number of hydrogen-bond acceptors (Lipinski definition) is 3. The van der Waals surface area contributed by atoms with Crippen LogP contribution in [-0.4, -0.2) is 10.9 Å². The Morgan fingerprint density at radius 2 is 2.05 bits per heavy atom. The highest BCUT2D eigenvalue weighted by Gasteiger charge is 2.18. The van der Waals surface area contributed by atoms with Gasteiger partial charge in [-0.1, -0.05) is 11.6 Å². The summed E-state index contributed by atoms with van der Waals surface area (Å²) < 4.78 is 6.07. The molecule has 0 spiro atoms. The Balaban J connectivity index is 2.28. The summed E-state index contributed by atoms with van der Waals surface area (Å²) in [5, 5.41) is 3.12. The smallest absolute Gasteiger partial charge is 0.259 e. The number of nitrogens with one attached hydrogen (secondary N) is 1. The van der Waals surface area contributed by atoms with E-state index >= 15 is 0 Å². The number of aromatic nitrogens is 1. The van der Waals surface area contributed by atoms with E-state index in [-0.39, 0.29) is 5.91 Å². The van der Waals surface area contributed by atoms with Crippen LogP contribution in [0.5, 0.6) is 0 Å². The SMILES string of the molecule is Cc1oc(C)c(C(=O)Nc2cnc(Cl)c(Br)c2)c1C. The molecule has 0 aliphatic carbocycles. The van der Waals surface area contributed by atoms with E-state index in [0.29, 0.717) is 26.6 Å². The summed E-state index contributed by atoms with van der Waals surface area (Å²) in [7, 11) is 0. The fraction of sp³-hybridized carbons (Fsp3) is 0.231. The van der Waals surface area contributed by atoms with Crippen LogP contribution in [0.3, 0.4) is 0 Å². The van der Waals surface area contributed by atoms with Gasteiger partial charge in [-0.15, -0.1) is 0 Å². The van der Waals surface area contributed by atoms with Gasteiger partial charge in [-0.2, -0.15) is 0 Å². The van der Waals surface area contributed by atoms with Crippen LogP contribution in [0, 0.1) is 20.8 Å². The Morgan fingerprint density at radius 3 is 2.58 bits per heavy atom. The minimum absolute atomic E-state index is 0.220. The van der Waals surface area contributed by atoms with E-state index in [1.165, 1.54) is 6.20 Å². The van der Waals surface area contributed by atoms with Crippen LogP contribution in [0.15, 0.2) is 21.2 Å². The van der Waals surface area contributed by atoms with Crippen LogP contribution in [0.4, 0.5) is 5.69 Å². The molecule has 0 unspecified atom stereocenters. The van der Waals surface area contributed by atoms with Crippen LogP contribution in [0.2, 0.25) is 5.15 Å². The molecule has 2 rings (SSSR count). The second-order valence-electron chi connectivity index (χ2n) is 4.17. The Hall–Kier alpha value is -1.33. The van der Waals surface area contributed by atoms with Crippen molar-refractivity contribution in [3.05, 3.63) is 44.5 Å². The van der Waals surface area contributed by atoms with Gasteiger partial charge in [-0.05, 0) is 42.8 Å². The maximum atomic E-state index is 12.2. The molecule has 0 saturated carbocycles. The normalized spacial score (nSPS) is 10.6. The summed E-state index contributed by atoms with van der Waals surface area (Å²) >= 11 is 9.06. The molecular weight excluding hydrogens is 332 g/mol. The van der Waals surface area contributed by atoms with E-state index < -0.39 is 0 Å². The third-order valence-corrected chi connectivity index (χ3v) is 3.98. The number of carbonyl (C=O) groups is 1. The first-order chi connectivity index (χ1) is 8.90. The first-order valence-corrected chi connectivity index (χ1v) is 6.76. The summed E-state index contributed by atoms with van der Waals surface area (Å²) in [5.74, 6) is 1.13. The molecule has 2 heterocycles. The van der Waals surface area contributed by atoms with E-state index in [1.807, 2.05) is 13.8 Å².